The Hall–Kier alpha value is -5.00. The van der Waals surface area contributed by atoms with Crippen molar-refractivity contribution in [2.75, 3.05) is 0 Å². The molecule has 2 aromatic heterocycles. The highest BCUT2D eigenvalue weighted by molar-refractivity contribution is 5.80. The van der Waals surface area contributed by atoms with E-state index in [-0.39, 0.29) is 28.8 Å². The minimum atomic E-state index is -4.73. The number of nitro groups is 1. The number of ether oxygens (including phenoxy) is 1. The number of nitrogens with zero attached hydrogens (tertiary/aromatic N) is 3. The smallest absolute Gasteiger partial charge is 0.416 e. The van der Waals surface area contributed by atoms with E-state index in [2.05, 4.69) is 10.1 Å². The summed E-state index contributed by atoms with van der Waals surface area (Å²) >= 11 is 0. The molecule has 0 N–H and O–H groups in total. The predicted molar refractivity (Wildman–Crippen MR) is 119 cm³/mol. The van der Waals surface area contributed by atoms with Crippen LogP contribution in [0.25, 0.3) is 33.8 Å². The molecule has 0 unspecified atom stereocenters. The molecule has 3 aromatic carbocycles. The number of fused-ring (bicyclic) bond motifs is 1. The van der Waals surface area contributed by atoms with Gasteiger partial charge in [0.1, 0.15) is 16.9 Å². The molecule has 0 aliphatic carbocycles. The average Bonchev–Trinajstić information content (AvgIpc) is 3.33. The highest BCUT2D eigenvalue weighted by Crippen LogP contribution is 2.38. The second-order valence-corrected chi connectivity index (χ2v) is 7.47. The predicted octanol–water partition coefficient (Wildman–Crippen LogP) is 6.23. The maximum Gasteiger partial charge on any atom is 0.416 e. The number of halogens is 3. The molecule has 2 heterocycles. The van der Waals surface area contributed by atoms with Gasteiger partial charge in [-0.1, -0.05) is 23.4 Å². The molecule has 12 heteroatoms. The molecule has 5 aromatic rings. The van der Waals surface area contributed by atoms with Crippen LogP contribution in [0.15, 0.2) is 86.5 Å². The van der Waals surface area contributed by atoms with Crippen molar-refractivity contribution in [3.63, 3.8) is 0 Å². The number of benzene rings is 3. The zero-order valence-electron chi connectivity index (χ0n) is 17.9. The maximum atomic E-state index is 12.9. The molecule has 0 aliphatic rings. The topological polar surface area (TPSA) is 122 Å². The number of nitro benzene ring substituents is 1. The Morgan fingerprint density at radius 3 is 2.44 bits per heavy atom. The number of rotatable bonds is 5. The third kappa shape index (κ3) is 4.39. The molecule has 9 nitrogen and oxygen atoms in total. The fourth-order valence-electron chi connectivity index (χ4n) is 3.38. The zero-order valence-corrected chi connectivity index (χ0v) is 17.9. The zero-order chi connectivity index (χ0) is 25.4. The van der Waals surface area contributed by atoms with Gasteiger partial charge in [0.05, 0.1) is 10.5 Å². The molecule has 0 bridgehead atoms. The molecule has 180 valence electrons. The van der Waals surface area contributed by atoms with Gasteiger partial charge >= 0.3 is 17.5 Å². The molecule has 0 aliphatic heterocycles. The van der Waals surface area contributed by atoms with Gasteiger partial charge in [-0.25, -0.2) is 4.79 Å². The summed E-state index contributed by atoms with van der Waals surface area (Å²) in [5, 5.41) is 15.8. The second kappa shape index (κ2) is 8.65. The van der Waals surface area contributed by atoms with E-state index >= 15 is 0 Å². The average molecular weight is 495 g/mol. The van der Waals surface area contributed by atoms with Crippen molar-refractivity contribution in [3.05, 3.63) is 98.9 Å². The monoisotopic (exact) mass is 495 g/mol. The summed E-state index contributed by atoms with van der Waals surface area (Å²) < 4.78 is 54.6. The molecule has 0 fully saturated rings. The van der Waals surface area contributed by atoms with Crippen LogP contribution in [0.5, 0.6) is 11.5 Å². The van der Waals surface area contributed by atoms with Gasteiger partial charge in [0.2, 0.25) is 11.6 Å². The maximum absolute atomic E-state index is 12.9. The Morgan fingerprint density at radius 2 is 1.72 bits per heavy atom. The first-order valence-electron chi connectivity index (χ1n) is 10.2. The SMILES string of the molecule is O=c1oc2ccccc2cc1-c1nc(-c2ccc(Oc3ccc(C(F)(F)F)cc3[N+](=O)[O-])cc2)no1. The lowest BCUT2D eigenvalue weighted by molar-refractivity contribution is -0.385. The van der Waals surface area contributed by atoms with Gasteiger partial charge in [0.15, 0.2) is 0 Å². The van der Waals surface area contributed by atoms with E-state index in [1.165, 1.54) is 24.3 Å². The lowest BCUT2D eigenvalue weighted by Gasteiger charge is -2.10. The van der Waals surface area contributed by atoms with E-state index in [4.69, 9.17) is 13.7 Å². The van der Waals surface area contributed by atoms with E-state index in [1.807, 2.05) is 0 Å². The van der Waals surface area contributed by atoms with Crippen LogP contribution in [0.1, 0.15) is 5.56 Å². The van der Waals surface area contributed by atoms with Crippen LogP contribution in [0.3, 0.4) is 0 Å². The largest absolute Gasteiger partial charge is 0.450 e. The van der Waals surface area contributed by atoms with E-state index in [0.29, 0.717) is 28.7 Å². The van der Waals surface area contributed by atoms with E-state index in [1.54, 1.807) is 30.3 Å². The fourth-order valence-corrected chi connectivity index (χ4v) is 3.38. The van der Waals surface area contributed by atoms with Crippen molar-refractivity contribution >= 4 is 16.7 Å². The van der Waals surface area contributed by atoms with Crippen LogP contribution in [-0.4, -0.2) is 15.1 Å². The van der Waals surface area contributed by atoms with Gasteiger partial charge in [-0.05, 0) is 48.5 Å². The van der Waals surface area contributed by atoms with E-state index in [9.17, 15) is 28.1 Å². The molecule has 0 saturated carbocycles. The quantitative estimate of drug-likeness (QED) is 0.160. The normalized spacial score (nSPS) is 11.5. The first-order chi connectivity index (χ1) is 17.2. The summed E-state index contributed by atoms with van der Waals surface area (Å²) in [5.74, 6) is -0.138. The van der Waals surface area contributed by atoms with Crippen molar-refractivity contribution in [1.82, 2.24) is 10.1 Å². The standard InChI is InChI=1S/C24H12F3N3O6/c25-24(26,27)15-7-10-20(18(12-15)30(32)33)34-16-8-5-13(6-9-16)21-28-22(36-29-21)17-11-14-3-1-2-4-19(14)35-23(17)31/h1-12H. The van der Waals surface area contributed by atoms with Crippen molar-refractivity contribution in [2.24, 2.45) is 0 Å². The van der Waals surface area contributed by atoms with E-state index in [0.717, 1.165) is 6.07 Å². The fraction of sp³-hybridized carbons (Fsp3) is 0.0417. The summed E-state index contributed by atoms with van der Waals surface area (Å²) in [6.45, 7) is 0. The number of para-hydroxylation sites is 1. The van der Waals surface area contributed by atoms with E-state index < -0.39 is 28.0 Å². The molecule has 36 heavy (non-hydrogen) atoms. The summed E-state index contributed by atoms with van der Waals surface area (Å²) in [6, 6.07) is 16.4. The van der Waals surface area contributed by atoms with Crippen LogP contribution in [-0.2, 0) is 6.18 Å². The first kappa shape index (κ1) is 22.8. The minimum absolute atomic E-state index is 0.0507. The molecule has 0 saturated heterocycles. The number of hydrogen-bond donors (Lipinski definition) is 0. The van der Waals surface area contributed by atoms with Gasteiger partial charge in [-0.2, -0.15) is 18.2 Å². The van der Waals surface area contributed by atoms with Crippen LogP contribution in [0.4, 0.5) is 18.9 Å². The molecular formula is C24H12F3N3O6. The van der Waals surface area contributed by atoms with Crippen LogP contribution >= 0.6 is 0 Å². The summed E-state index contributed by atoms with van der Waals surface area (Å²) in [5.41, 5.74) is -1.68. The Kier molecular flexibility index (Phi) is 5.47. The van der Waals surface area contributed by atoms with Crippen molar-refractivity contribution in [2.45, 2.75) is 6.18 Å². The van der Waals surface area contributed by atoms with Gasteiger partial charge in [0.25, 0.3) is 5.89 Å². The molecule has 0 atom stereocenters. The van der Waals surface area contributed by atoms with Crippen molar-refractivity contribution in [3.8, 4) is 34.3 Å². The lowest BCUT2D eigenvalue weighted by Crippen LogP contribution is -2.06. The number of alkyl halides is 3. The van der Waals surface area contributed by atoms with Gasteiger partial charge in [-0.3, -0.25) is 10.1 Å². The Morgan fingerprint density at radius 1 is 0.972 bits per heavy atom. The van der Waals surface area contributed by atoms with Crippen LogP contribution < -0.4 is 10.4 Å². The molecule has 0 radical (unpaired) electrons. The summed E-state index contributed by atoms with van der Waals surface area (Å²) in [4.78, 5) is 26.8. The highest BCUT2D eigenvalue weighted by atomic mass is 19.4. The van der Waals surface area contributed by atoms with Gasteiger partial charge in [-0.15, -0.1) is 0 Å². The Labute approximate surface area is 198 Å². The first-order valence-corrected chi connectivity index (χ1v) is 10.2. The molecule has 0 spiro atoms. The third-order valence-corrected chi connectivity index (χ3v) is 5.12. The molecule has 0 amide bonds. The number of hydrogen-bond acceptors (Lipinski definition) is 8. The number of aromatic nitrogens is 2. The Balaban J connectivity index is 1.40. The third-order valence-electron chi connectivity index (χ3n) is 5.12. The highest BCUT2D eigenvalue weighted by Gasteiger charge is 2.33. The van der Waals surface area contributed by atoms with Gasteiger partial charge in [0, 0.05) is 17.0 Å². The minimum Gasteiger partial charge on any atom is -0.450 e. The van der Waals surface area contributed by atoms with Crippen molar-refractivity contribution < 1.29 is 31.8 Å². The summed E-state index contributed by atoms with van der Waals surface area (Å²) in [6.07, 6.45) is -4.73. The molecular weight excluding hydrogens is 483 g/mol. The molecule has 5 rings (SSSR count). The van der Waals surface area contributed by atoms with Gasteiger partial charge < -0.3 is 13.7 Å². The Bertz CT molecular complexity index is 1660. The van der Waals surface area contributed by atoms with Crippen LogP contribution in [0.2, 0.25) is 0 Å². The second-order valence-electron chi connectivity index (χ2n) is 7.47. The van der Waals surface area contributed by atoms with Crippen molar-refractivity contribution in [1.29, 1.82) is 0 Å². The summed E-state index contributed by atoms with van der Waals surface area (Å²) in [7, 11) is 0. The lowest BCUT2D eigenvalue weighted by atomic mass is 10.1. The van der Waals surface area contributed by atoms with Crippen LogP contribution in [0, 0.1) is 10.1 Å².